The molecule has 1 aromatic carbocycles. The van der Waals surface area contributed by atoms with Gasteiger partial charge in [0, 0.05) is 19.6 Å². The smallest absolute Gasteiger partial charge is 0.120 e. The summed E-state index contributed by atoms with van der Waals surface area (Å²) in [5.74, 6) is 0.580. The van der Waals surface area contributed by atoms with Crippen LogP contribution in [0.5, 0.6) is 5.75 Å². The van der Waals surface area contributed by atoms with Crippen molar-refractivity contribution in [1.82, 2.24) is 4.90 Å². The molecule has 0 bridgehead atoms. The summed E-state index contributed by atoms with van der Waals surface area (Å²) >= 11 is 0. The molecular formula is C15H20N2O3. The average molecular weight is 276 g/mol. The number of aliphatic hydroxyl groups excluding tert-OH is 1. The highest BCUT2D eigenvalue weighted by Crippen LogP contribution is 2.20. The van der Waals surface area contributed by atoms with Crippen LogP contribution in [0, 0.1) is 11.3 Å². The van der Waals surface area contributed by atoms with Gasteiger partial charge in [-0.25, -0.2) is 0 Å². The van der Waals surface area contributed by atoms with E-state index in [0.717, 1.165) is 13.0 Å². The first kappa shape index (κ1) is 14.8. The molecule has 1 fully saturated rings. The Kier molecular flexibility index (Phi) is 4.61. The van der Waals surface area contributed by atoms with E-state index in [9.17, 15) is 10.2 Å². The monoisotopic (exact) mass is 276 g/mol. The third-order valence-corrected chi connectivity index (χ3v) is 3.41. The molecule has 1 aromatic rings. The first-order chi connectivity index (χ1) is 9.48. The summed E-state index contributed by atoms with van der Waals surface area (Å²) in [6, 6.07) is 8.90. The lowest BCUT2D eigenvalue weighted by atomic mass is 10.1. The first-order valence-electron chi connectivity index (χ1n) is 6.74. The first-order valence-corrected chi connectivity index (χ1v) is 6.74. The maximum Gasteiger partial charge on any atom is 0.120 e. The van der Waals surface area contributed by atoms with Gasteiger partial charge in [0.25, 0.3) is 0 Å². The summed E-state index contributed by atoms with van der Waals surface area (Å²) in [6.45, 7) is 3.83. The minimum atomic E-state index is -0.651. The second-order valence-corrected chi connectivity index (χ2v) is 5.59. The predicted octanol–water partition coefficient (Wildman–Crippen LogP) is 0.755. The van der Waals surface area contributed by atoms with Crippen LogP contribution in [0.25, 0.3) is 0 Å². The van der Waals surface area contributed by atoms with Crippen LogP contribution < -0.4 is 4.74 Å². The zero-order valence-corrected chi connectivity index (χ0v) is 11.6. The summed E-state index contributed by atoms with van der Waals surface area (Å²) in [6.07, 6.45) is 0.111. The summed E-state index contributed by atoms with van der Waals surface area (Å²) < 4.78 is 5.48. The van der Waals surface area contributed by atoms with Gasteiger partial charge in [0.1, 0.15) is 18.5 Å². The molecule has 0 spiro atoms. The lowest BCUT2D eigenvalue weighted by Gasteiger charge is -2.21. The zero-order chi connectivity index (χ0) is 14.6. The molecule has 0 aliphatic carbocycles. The Labute approximate surface area is 119 Å². The van der Waals surface area contributed by atoms with Gasteiger partial charge in [-0.2, -0.15) is 5.26 Å². The maximum atomic E-state index is 9.95. The number of hydrogen-bond acceptors (Lipinski definition) is 5. The van der Waals surface area contributed by atoms with Gasteiger partial charge in [0.15, 0.2) is 0 Å². The van der Waals surface area contributed by atoms with Crippen molar-refractivity contribution in [1.29, 1.82) is 5.26 Å². The summed E-state index contributed by atoms with van der Waals surface area (Å²) in [7, 11) is 0. The Bertz CT molecular complexity index is 496. The highest BCUT2D eigenvalue weighted by atomic mass is 16.5. The fraction of sp³-hybridized carbons (Fsp3) is 0.533. The van der Waals surface area contributed by atoms with E-state index in [-0.39, 0.29) is 6.61 Å². The Morgan fingerprint density at radius 1 is 1.55 bits per heavy atom. The van der Waals surface area contributed by atoms with Gasteiger partial charge >= 0.3 is 0 Å². The minimum Gasteiger partial charge on any atom is -0.491 e. The number of nitriles is 1. The number of likely N-dealkylation sites (tertiary alicyclic amines) is 1. The molecule has 5 nitrogen and oxygen atoms in total. The highest BCUT2D eigenvalue weighted by Gasteiger charge is 2.31. The third-order valence-electron chi connectivity index (χ3n) is 3.41. The summed E-state index contributed by atoms with van der Waals surface area (Å²) in [5.41, 5.74) is -0.116. The van der Waals surface area contributed by atoms with E-state index in [1.807, 2.05) is 17.9 Å². The van der Waals surface area contributed by atoms with Crippen molar-refractivity contribution in [2.45, 2.75) is 25.0 Å². The number of hydrogen-bond donors (Lipinski definition) is 2. The fourth-order valence-electron chi connectivity index (χ4n) is 2.39. The van der Waals surface area contributed by atoms with E-state index < -0.39 is 11.7 Å². The summed E-state index contributed by atoms with van der Waals surface area (Å²) in [5, 5.41) is 28.6. The molecule has 2 rings (SSSR count). The molecule has 2 atom stereocenters. The van der Waals surface area contributed by atoms with Crippen molar-refractivity contribution in [3.63, 3.8) is 0 Å². The van der Waals surface area contributed by atoms with Gasteiger partial charge in [-0.15, -0.1) is 0 Å². The van der Waals surface area contributed by atoms with Gasteiger partial charge in [0.2, 0.25) is 0 Å². The topological polar surface area (TPSA) is 76.7 Å². The Balaban J connectivity index is 1.78. The molecule has 1 aliphatic heterocycles. The molecule has 0 amide bonds. The van der Waals surface area contributed by atoms with E-state index in [1.54, 1.807) is 24.3 Å². The van der Waals surface area contributed by atoms with E-state index in [2.05, 4.69) is 0 Å². The molecule has 1 aliphatic rings. The minimum absolute atomic E-state index is 0.174. The highest BCUT2D eigenvalue weighted by molar-refractivity contribution is 5.36. The van der Waals surface area contributed by atoms with Crippen molar-refractivity contribution in [3.05, 3.63) is 29.8 Å². The molecule has 2 N–H and O–H groups in total. The summed E-state index contributed by atoms with van der Waals surface area (Å²) in [4.78, 5) is 2.03. The van der Waals surface area contributed by atoms with E-state index in [1.165, 1.54) is 0 Å². The Morgan fingerprint density at radius 2 is 2.35 bits per heavy atom. The number of ether oxygens (including phenoxy) is 1. The van der Waals surface area contributed by atoms with Crippen LogP contribution in [0.4, 0.5) is 0 Å². The second kappa shape index (κ2) is 6.23. The number of nitrogens with zero attached hydrogens (tertiary/aromatic N) is 2. The molecular weight excluding hydrogens is 256 g/mol. The second-order valence-electron chi connectivity index (χ2n) is 5.59. The predicted molar refractivity (Wildman–Crippen MR) is 74.3 cm³/mol. The normalized spacial score (nSPS) is 24.3. The molecule has 0 aromatic heterocycles. The lowest BCUT2D eigenvalue weighted by molar-refractivity contribution is 0.0467. The van der Waals surface area contributed by atoms with E-state index >= 15 is 0 Å². The molecule has 5 heteroatoms. The van der Waals surface area contributed by atoms with Crippen LogP contribution in [0.2, 0.25) is 0 Å². The van der Waals surface area contributed by atoms with Crippen molar-refractivity contribution in [2.24, 2.45) is 0 Å². The van der Waals surface area contributed by atoms with Crippen molar-refractivity contribution in [3.8, 4) is 11.8 Å². The van der Waals surface area contributed by atoms with Crippen LogP contribution >= 0.6 is 0 Å². The zero-order valence-electron chi connectivity index (χ0n) is 11.6. The van der Waals surface area contributed by atoms with Crippen LogP contribution in [0.15, 0.2) is 24.3 Å². The van der Waals surface area contributed by atoms with E-state index in [4.69, 9.17) is 10.00 Å². The Morgan fingerprint density at radius 3 is 3.00 bits per heavy atom. The van der Waals surface area contributed by atoms with E-state index in [0.29, 0.717) is 24.4 Å². The number of benzene rings is 1. The van der Waals surface area contributed by atoms with Gasteiger partial charge in [0.05, 0.1) is 17.2 Å². The molecule has 1 heterocycles. The third kappa shape index (κ3) is 4.20. The quantitative estimate of drug-likeness (QED) is 0.830. The number of rotatable bonds is 5. The van der Waals surface area contributed by atoms with Crippen molar-refractivity contribution in [2.75, 3.05) is 26.2 Å². The van der Waals surface area contributed by atoms with Crippen molar-refractivity contribution < 1.29 is 14.9 Å². The van der Waals surface area contributed by atoms with Gasteiger partial charge in [-0.3, -0.25) is 4.90 Å². The largest absolute Gasteiger partial charge is 0.491 e. The number of β-amino-alcohol motifs (C(OH)–C–C–N with tert-alkyl or cyclic N) is 2. The van der Waals surface area contributed by atoms with Crippen LogP contribution in [-0.2, 0) is 0 Å². The molecule has 2 unspecified atom stereocenters. The molecule has 108 valence electrons. The molecule has 20 heavy (non-hydrogen) atoms. The van der Waals surface area contributed by atoms with Gasteiger partial charge < -0.3 is 14.9 Å². The van der Waals surface area contributed by atoms with Gasteiger partial charge in [-0.1, -0.05) is 6.07 Å². The van der Waals surface area contributed by atoms with Crippen LogP contribution in [0.1, 0.15) is 18.9 Å². The average Bonchev–Trinajstić information content (AvgIpc) is 2.76. The fourth-order valence-corrected chi connectivity index (χ4v) is 2.39. The Hall–Kier alpha value is -1.61. The standard InChI is InChI=1S/C15H20N2O3/c1-15(19)5-6-17(11-15)9-13(18)10-20-14-4-2-3-12(7-14)8-16/h2-4,7,13,18-19H,5-6,9-11H2,1H3. The molecule has 1 saturated heterocycles. The van der Waals surface area contributed by atoms with Crippen LogP contribution in [-0.4, -0.2) is 53.1 Å². The SMILES string of the molecule is CC1(O)CCN(CC(O)COc2cccc(C#N)c2)C1. The molecule has 0 saturated carbocycles. The van der Waals surface area contributed by atoms with Gasteiger partial charge in [-0.05, 0) is 31.5 Å². The number of aliphatic hydroxyl groups is 2. The van der Waals surface area contributed by atoms with Crippen molar-refractivity contribution >= 4 is 0 Å². The van der Waals surface area contributed by atoms with Crippen LogP contribution in [0.3, 0.4) is 0 Å². The maximum absolute atomic E-state index is 9.95. The lowest BCUT2D eigenvalue weighted by Crippen LogP contribution is -2.37. The molecule has 0 radical (unpaired) electrons.